The molecule has 1 aliphatic heterocycles. The van der Waals surface area contributed by atoms with Crippen LogP contribution in [-0.2, 0) is 4.74 Å². The molecule has 0 bridgehead atoms. The lowest BCUT2D eigenvalue weighted by atomic mass is 10.1. The highest BCUT2D eigenvalue weighted by Crippen LogP contribution is 2.13. The van der Waals surface area contributed by atoms with E-state index in [1.807, 2.05) is 6.92 Å². The van der Waals surface area contributed by atoms with E-state index in [1.54, 1.807) is 12.3 Å². The predicted molar refractivity (Wildman–Crippen MR) is 60.6 cm³/mol. The molecule has 0 saturated carbocycles. The molecule has 5 heteroatoms. The minimum atomic E-state index is 0.569. The summed E-state index contributed by atoms with van der Waals surface area (Å²) in [6.07, 6.45) is 2.81. The highest BCUT2D eigenvalue weighted by molar-refractivity contribution is 5.27. The van der Waals surface area contributed by atoms with Crippen LogP contribution in [0.5, 0.6) is 5.88 Å². The van der Waals surface area contributed by atoms with Crippen LogP contribution in [0.2, 0.25) is 0 Å². The lowest BCUT2D eigenvalue weighted by molar-refractivity contribution is 0.187. The van der Waals surface area contributed by atoms with Gasteiger partial charge in [0.15, 0.2) is 0 Å². The summed E-state index contributed by atoms with van der Waals surface area (Å²) in [4.78, 5) is 8.38. The molecule has 2 rings (SSSR count). The lowest BCUT2D eigenvalue weighted by Crippen LogP contribution is -2.15. The van der Waals surface area contributed by atoms with Crippen LogP contribution in [0.25, 0.3) is 0 Å². The van der Waals surface area contributed by atoms with Crippen LogP contribution in [0.3, 0.4) is 0 Å². The first-order chi connectivity index (χ1) is 7.88. The summed E-state index contributed by atoms with van der Waals surface area (Å²) in [5, 5.41) is 3.20. The van der Waals surface area contributed by atoms with Gasteiger partial charge in [-0.1, -0.05) is 0 Å². The minimum absolute atomic E-state index is 0.569. The van der Waals surface area contributed by atoms with Crippen LogP contribution < -0.4 is 10.1 Å². The molecule has 5 nitrogen and oxygen atoms in total. The molecule has 88 valence electrons. The van der Waals surface area contributed by atoms with E-state index in [4.69, 9.17) is 9.47 Å². The van der Waals surface area contributed by atoms with E-state index in [-0.39, 0.29) is 0 Å². The summed E-state index contributed by atoms with van der Waals surface area (Å²) in [7, 11) is 0. The van der Waals surface area contributed by atoms with E-state index < -0.39 is 0 Å². The fourth-order valence-electron chi connectivity index (χ4n) is 1.64. The van der Waals surface area contributed by atoms with Crippen molar-refractivity contribution in [2.45, 2.75) is 13.3 Å². The van der Waals surface area contributed by atoms with E-state index in [0.717, 1.165) is 26.2 Å². The number of anilines is 1. The average molecular weight is 223 g/mol. The Kier molecular flexibility index (Phi) is 3.93. The first kappa shape index (κ1) is 11.1. The summed E-state index contributed by atoms with van der Waals surface area (Å²) in [5.74, 6) is 1.81. The molecule has 1 N–H and O–H groups in total. The van der Waals surface area contributed by atoms with Gasteiger partial charge < -0.3 is 14.8 Å². The zero-order valence-electron chi connectivity index (χ0n) is 9.48. The third kappa shape index (κ3) is 3.06. The fraction of sp³-hybridized carbons (Fsp3) is 0.636. The third-order valence-electron chi connectivity index (χ3n) is 2.50. The molecule has 0 radical (unpaired) electrons. The molecule has 1 fully saturated rings. The average Bonchev–Trinajstić information content (AvgIpc) is 2.80. The van der Waals surface area contributed by atoms with E-state index in [0.29, 0.717) is 24.4 Å². The van der Waals surface area contributed by atoms with Crippen LogP contribution >= 0.6 is 0 Å². The molecule has 0 aromatic carbocycles. The number of nitrogens with zero attached hydrogens (tertiary/aromatic N) is 2. The SMILES string of the molecule is CCOc1ccnc(NCC2CCOC2)n1. The number of aromatic nitrogens is 2. The monoisotopic (exact) mass is 223 g/mol. The van der Waals surface area contributed by atoms with Gasteiger partial charge in [0.25, 0.3) is 0 Å². The molecule has 0 spiro atoms. The zero-order chi connectivity index (χ0) is 11.2. The first-order valence-corrected chi connectivity index (χ1v) is 5.66. The van der Waals surface area contributed by atoms with Crippen LogP contribution in [0.4, 0.5) is 5.95 Å². The van der Waals surface area contributed by atoms with E-state index in [9.17, 15) is 0 Å². The van der Waals surface area contributed by atoms with Crippen molar-refractivity contribution in [1.29, 1.82) is 0 Å². The minimum Gasteiger partial charge on any atom is -0.478 e. The Morgan fingerprint density at radius 3 is 3.31 bits per heavy atom. The van der Waals surface area contributed by atoms with Crippen molar-refractivity contribution in [3.05, 3.63) is 12.3 Å². The summed E-state index contributed by atoms with van der Waals surface area (Å²) in [6, 6.07) is 1.76. The van der Waals surface area contributed by atoms with Crippen LogP contribution in [-0.4, -0.2) is 36.3 Å². The Bertz CT molecular complexity index is 327. The molecular formula is C11H17N3O2. The van der Waals surface area contributed by atoms with Gasteiger partial charge in [0, 0.05) is 31.3 Å². The van der Waals surface area contributed by atoms with E-state index in [1.165, 1.54) is 0 Å². The van der Waals surface area contributed by atoms with Crippen molar-refractivity contribution in [2.24, 2.45) is 5.92 Å². The third-order valence-corrected chi connectivity index (χ3v) is 2.50. The molecule has 2 heterocycles. The second kappa shape index (κ2) is 5.65. The molecule has 1 atom stereocenters. The second-order valence-corrected chi connectivity index (χ2v) is 3.76. The summed E-state index contributed by atoms with van der Waals surface area (Å²) < 4.78 is 10.6. The quantitative estimate of drug-likeness (QED) is 0.816. The van der Waals surface area contributed by atoms with Gasteiger partial charge in [0.2, 0.25) is 11.8 Å². The largest absolute Gasteiger partial charge is 0.478 e. The normalized spacial score (nSPS) is 19.7. The number of hydrogen-bond donors (Lipinski definition) is 1. The molecule has 0 aliphatic carbocycles. The molecule has 1 aliphatic rings. The highest BCUT2D eigenvalue weighted by atomic mass is 16.5. The maximum Gasteiger partial charge on any atom is 0.225 e. The van der Waals surface area contributed by atoms with Crippen molar-refractivity contribution in [2.75, 3.05) is 31.7 Å². The lowest BCUT2D eigenvalue weighted by Gasteiger charge is -2.09. The van der Waals surface area contributed by atoms with Crippen LogP contribution in [0, 0.1) is 5.92 Å². The van der Waals surface area contributed by atoms with Gasteiger partial charge in [-0.25, -0.2) is 4.98 Å². The first-order valence-electron chi connectivity index (χ1n) is 5.66. The molecule has 1 unspecified atom stereocenters. The van der Waals surface area contributed by atoms with Crippen molar-refractivity contribution < 1.29 is 9.47 Å². The number of rotatable bonds is 5. The maximum absolute atomic E-state index is 5.30. The van der Waals surface area contributed by atoms with Gasteiger partial charge >= 0.3 is 0 Å². The van der Waals surface area contributed by atoms with Crippen molar-refractivity contribution >= 4 is 5.95 Å². The fourth-order valence-corrected chi connectivity index (χ4v) is 1.64. The molecule has 1 aromatic heterocycles. The van der Waals surface area contributed by atoms with E-state index >= 15 is 0 Å². The summed E-state index contributed by atoms with van der Waals surface area (Å²) in [6.45, 7) is 5.11. The smallest absolute Gasteiger partial charge is 0.225 e. The Balaban J connectivity index is 1.85. The molecule has 1 saturated heterocycles. The highest BCUT2D eigenvalue weighted by Gasteiger charge is 2.15. The number of hydrogen-bond acceptors (Lipinski definition) is 5. The number of nitrogens with one attached hydrogen (secondary N) is 1. The molecule has 16 heavy (non-hydrogen) atoms. The van der Waals surface area contributed by atoms with Crippen LogP contribution in [0.1, 0.15) is 13.3 Å². The topological polar surface area (TPSA) is 56.3 Å². The summed E-state index contributed by atoms with van der Waals surface area (Å²) >= 11 is 0. The number of ether oxygens (including phenoxy) is 2. The second-order valence-electron chi connectivity index (χ2n) is 3.76. The Labute approximate surface area is 95.2 Å². The Morgan fingerprint density at radius 1 is 1.62 bits per heavy atom. The molecule has 0 amide bonds. The van der Waals surface area contributed by atoms with Crippen LogP contribution in [0.15, 0.2) is 12.3 Å². The van der Waals surface area contributed by atoms with Gasteiger partial charge in [-0.05, 0) is 13.3 Å². The van der Waals surface area contributed by atoms with Gasteiger partial charge in [0.05, 0.1) is 13.2 Å². The van der Waals surface area contributed by atoms with Gasteiger partial charge in [-0.15, -0.1) is 0 Å². The predicted octanol–water partition coefficient (Wildman–Crippen LogP) is 1.32. The zero-order valence-corrected chi connectivity index (χ0v) is 9.48. The van der Waals surface area contributed by atoms with Crippen molar-refractivity contribution in [3.63, 3.8) is 0 Å². The van der Waals surface area contributed by atoms with Crippen molar-refractivity contribution in [1.82, 2.24) is 9.97 Å². The van der Waals surface area contributed by atoms with Crippen molar-refractivity contribution in [3.8, 4) is 5.88 Å². The van der Waals surface area contributed by atoms with Gasteiger partial charge in [-0.3, -0.25) is 0 Å². The van der Waals surface area contributed by atoms with Gasteiger partial charge in [0.1, 0.15) is 0 Å². The Hall–Kier alpha value is -1.36. The molecular weight excluding hydrogens is 206 g/mol. The maximum atomic E-state index is 5.30. The Morgan fingerprint density at radius 2 is 2.56 bits per heavy atom. The summed E-state index contributed by atoms with van der Waals surface area (Å²) in [5.41, 5.74) is 0. The van der Waals surface area contributed by atoms with Gasteiger partial charge in [-0.2, -0.15) is 4.98 Å². The standard InChI is InChI=1S/C11H17N3O2/c1-2-16-10-3-5-12-11(14-10)13-7-9-4-6-15-8-9/h3,5,9H,2,4,6-8H2,1H3,(H,12,13,14). The van der Waals surface area contributed by atoms with E-state index in [2.05, 4.69) is 15.3 Å². The molecule has 1 aromatic rings.